The average Bonchev–Trinajstić information content (AvgIpc) is 3.10. The van der Waals surface area contributed by atoms with E-state index in [-0.39, 0.29) is 6.10 Å². The zero-order valence-electron chi connectivity index (χ0n) is 35.0. The Bertz CT molecular complexity index is 871. The van der Waals surface area contributed by atoms with Crippen LogP contribution in [0, 0.1) is 0 Å². The van der Waals surface area contributed by atoms with E-state index >= 15 is 0 Å². The number of hydrogen-bond acceptors (Lipinski definition) is 4. The summed E-state index contributed by atoms with van der Waals surface area (Å²) in [6.07, 6.45) is 20.5. The Kier molecular flexibility index (Phi) is 63.0. The van der Waals surface area contributed by atoms with Crippen LogP contribution in [0.15, 0.2) is 103 Å². The van der Waals surface area contributed by atoms with Crippen molar-refractivity contribution in [2.45, 2.75) is 134 Å². The SMILES string of the molecule is C=C.C=C/C(=C\C=C(/C)CN(C)CC(C)O/C=C\C)OC.C=CC.CC.CCCC.CCCC.CCCCCN(C)Cc1cccc(Br)c1. The molecule has 0 amide bonds. The number of allylic oxidation sites excluding steroid dienone is 5. The molecule has 0 spiro atoms. The Morgan fingerprint density at radius 3 is 1.82 bits per heavy atom. The van der Waals surface area contributed by atoms with Crippen molar-refractivity contribution in [1.82, 2.24) is 9.80 Å². The van der Waals surface area contributed by atoms with Gasteiger partial charge >= 0.3 is 0 Å². The van der Waals surface area contributed by atoms with Crippen LogP contribution in [0.25, 0.3) is 0 Å². The lowest BCUT2D eigenvalue weighted by atomic mass is 10.2. The van der Waals surface area contributed by atoms with E-state index in [1.807, 2.05) is 39.8 Å². The van der Waals surface area contributed by atoms with Gasteiger partial charge in [0.1, 0.15) is 11.9 Å². The third-order valence-electron chi connectivity index (χ3n) is 5.99. The van der Waals surface area contributed by atoms with E-state index in [1.165, 1.54) is 67.1 Å². The normalized spacial score (nSPS) is 10.8. The molecular weight excluding hydrogens is 668 g/mol. The lowest BCUT2D eigenvalue weighted by Crippen LogP contribution is -2.29. The molecule has 0 saturated carbocycles. The van der Waals surface area contributed by atoms with Gasteiger partial charge in [-0.25, -0.2) is 0 Å². The van der Waals surface area contributed by atoms with Crippen LogP contribution in [0.4, 0.5) is 0 Å². The fourth-order valence-corrected chi connectivity index (χ4v) is 3.79. The number of nitrogens with zero attached hydrogens (tertiary/aromatic N) is 2. The van der Waals surface area contributed by atoms with Crippen LogP contribution in [0.5, 0.6) is 0 Å². The maximum absolute atomic E-state index is 5.49. The van der Waals surface area contributed by atoms with Crippen LogP contribution in [0.1, 0.15) is 127 Å². The predicted molar refractivity (Wildman–Crippen MR) is 232 cm³/mol. The average molecular weight is 752 g/mol. The second-order valence-corrected chi connectivity index (χ2v) is 12.0. The molecule has 288 valence electrons. The second-order valence-electron chi connectivity index (χ2n) is 11.1. The summed E-state index contributed by atoms with van der Waals surface area (Å²) >= 11 is 3.50. The number of ether oxygens (including phenoxy) is 2. The van der Waals surface area contributed by atoms with E-state index in [0.29, 0.717) is 0 Å². The Morgan fingerprint density at radius 1 is 0.878 bits per heavy atom. The minimum atomic E-state index is 0.187. The van der Waals surface area contributed by atoms with Gasteiger partial charge in [-0.2, -0.15) is 0 Å². The van der Waals surface area contributed by atoms with Crippen molar-refractivity contribution < 1.29 is 9.47 Å². The third kappa shape index (κ3) is 55.3. The molecule has 1 aromatic carbocycles. The van der Waals surface area contributed by atoms with Crippen molar-refractivity contribution in [1.29, 1.82) is 0 Å². The zero-order valence-corrected chi connectivity index (χ0v) is 36.6. The molecule has 0 aromatic heterocycles. The molecule has 1 rings (SSSR count). The van der Waals surface area contributed by atoms with Crippen molar-refractivity contribution in [3.63, 3.8) is 0 Å². The minimum Gasteiger partial charge on any atom is -0.497 e. The highest BCUT2D eigenvalue weighted by Crippen LogP contribution is 2.13. The van der Waals surface area contributed by atoms with Crippen LogP contribution in [0.2, 0.25) is 0 Å². The van der Waals surface area contributed by atoms with Crippen LogP contribution >= 0.6 is 15.9 Å². The Morgan fingerprint density at radius 2 is 1.41 bits per heavy atom. The Labute approximate surface area is 317 Å². The summed E-state index contributed by atoms with van der Waals surface area (Å²) < 4.78 is 11.8. The highest BCUT2D eigenvalue weighted by atomic mass is 79.9. The molecule has 4 nitrogen and oxygen atoms in total. The molecule has 1 atom stereocenters. The number of benzene rings is 1. The lowest BCUT2D eigenvalue weighted by Gasteiger charge is -2.21. The first-order valence-electron chi connectivity index (χ1n) is 18.5. The quantitative estimate of drug-likeness (QED) is 0.0685. The van der Waals surface area contributed by atoms with Gasteiger partial charge in [-0.1, -0.05) is 145 Å². The van der Waals surface area contributed by atoms with E-state index < -0.39 is 0 Å². The summed E-state index contributed by atoms with van der Waals surface area (Å²) in [5.41, 5.74) is 2.64. The van der Waals surface area contributed by atoms with E-state index in [1.54, 1.807) is 25.5 Å². The topological polar surface area (TPSA) is 24.9 Å². The number of halogens is 1. The fourth-order valence-electron chi connectivity index (χ4n) is 3.34. The first-order valence-corrected chi connectivity index (χ1v) is 19.3. The highest BCUT2D eigenvalue weighted by Gasteiger charge is 2.06. The summed E-state index contributed by atoms with van der Waals surface area (Å²) in [7, 11) is 5.92. The van der Waals surface area contributed by atoms with Gasteiger partial charge in [-0.3, -0.25) is 4.90 Å². The molecule has 1 unspecified atom stereocenters. The van der Waals surface area contributed by atoms with Crippen LogP contribution < -0.4 is 0 Å². The van der Waals surface area contributed by atoms with Gasteiger partial charge in [0, 0.05) is 24.1 Å². The highest BCUT2D eigenvalue weighted by molar-refractivity contribution is 9.10. The van der Waals surface area contributed by atoms with E-state index in [4.69, 9.17) is 9.47 Å². The summed E-state index contributed by atoms with van der Waals surface area (Å²) in [6.45, 7) is 40.0. The lowest BCUT2D eigenvalue weighted by molar-refractivity contribution is 0.122. The van der Waals surface area contributed by atoms with Crippen molar-refractivity contribution in [3.8, 4) is 0 Å². The van der Waals surface area contributed by atoms with Gasteiger partial charge in [-0.15, -0.1) is 19.7 Å². The molecular formula is C44H83BrN2O2. The molecule has 0 aliphatic rings. The number of unbranched alkanes of at least 4 members (excludes halogenated alkanes) is 4. The number of rotatable bonds is 17. The molecule has 5 heteroatoms. The minimum absolute atomic E-state index is 0.187. The maximum atomic E-state index is 5.49. The fraction of sp³-hybridized carbons (Fsp3) is 0.591. The molecule has 0 saturated heterocycles. The van der Waals surface area contributed by atoms with Gasteiger partial charge in [-0.05, 0) is 84.6 Å². The van der Waals surface area contributed by atoms with Crippen molar-refractivity contribution in [2.75, 3.05) is 40.8 Å². The first-order chi connectivity index (χ1) is 23.5. The monoisotopic (exact) mass is 751 g/mol. The summed E-state index contributed by atoms with van der Waals surface area (Å²) in [6, 6.07) is 8.54. The molecule has 0 aliphatic carbocycles. The van der Waals surface area contributed by atoms with Crippen LogP contribution in [-0.2, 0) is 16.0 Å². The summed E-state index contributed by atoms with van der Waals surface area (Å²) in [4.78, 5) is 4.62. The smallest absolute Gasteiger partial charge is 0.118 e. The molecule has 1 aromatic rings. The molecule has 0 fully saturated rings. The van der Waals surface area contributed by atoms with Crippen molar-refractivity contribution >= 4 is 15.9 Å². The van der Waals surface area contributed by atoms with E-state index in [0.717, 1.165) is 25.4 Å². The number of hydrogen-bond donors (Lipinski definition) is 0. The standard InChI is InChI=1S/C16H27NO2.C13H20BrN.2C4H10.C3H6.C2H6.C2H4/c1-7-11-19-15(4)13-17(5)12-14(3)9-10-16(8-2)18-6;1-3-4-5-9-15(2)11-12-7-6-8-13(14)10-12;2*1-3-4-2;1-3-2;2*1-2/h7-11,15H,2,12-13H2,1,3-6H3;6-8,10H,3-5,9,11H2,1-2H3;2*3-4H2,1-2H3;3H,1H2,2H3;1-2H3;1-2H2/b11-7-,14-9+,16-10+;;;;;;. The predicted octanol–water partition coefficient (Wildman–Crippen LogP) is 14.2. The summed E-state index contributed by atoms with van der Waals surface area (Å²) in [5.74, 6) is 0.770. The molecule has 0 radical (unpaired) electrons. The van der Waals surface area contributed by atoms with Crippen LogP contribution in [0.3, 0.4) is 0 Å². The van der Waals surface area contributed by atoms with E-state index in [2.05, 4.69) is 145 Å². The second kappa shape index (κ2) is 52.5. The molecule has 0 bridgehead atoms. The Balaban J connectivity index is -0.000000136. The molecule has 0 aliphatic heterocycles. The van der Waals surface area contributed by atoms with Gasteiger partial charge < -0.3 is 14.4 Å². The number of methoxy groups -OCH3 is 1. The van der Waals surface area contributed by atoms with Gasteiger partial charge in [0.05, 0.1) is 13.4 Å². The number of likely N-dealkylation sites (N-methyl/N-ethyl adjacent to an activating group) is 1. The van der Waals surface area contributed by atoms with Crippen molar-refractivity contribution in [2.24, 2.45) is 0 Å². The molecule has 0 N–H and O–H groups in total. The van der Waals surface area contributed by atoms with E-state index in [9.17, 15) is 0 Å². The zero-order chi connectivity index (χ0) is 39.3. The summed E-state index contributed by atoms with van der Waals surface area (Å²) in [5, 5.41) is 0. The van der Waals surface area contributed by atoms with Crippen LogP contribution in [-0.4, -0.2) is 56.7 Å². The van der Waals surface area contributed by atoms with Gasteiger partial charge in [0.2, 0.25) is 0 Å². The first kappa shape index (κ1) is 58.8. The Hall–Kier alpha value is -2.34. The van der Waals surface area contributed by atoms with Gasteiger partial charge in [0.25, 0.3) is 0 Å². The largest absolute Gasteiger partial charge is 0.497 e. The molecule has 49 heavy (non-hydrogen) atoms. The van der Waals surface area contributed by atoms with Gasteiger partial charge in [0.15, 0.2) is 0 Å². The molecule has 0 heterocycles. The van der Waals surface area contributed by atoms with Crippen molar-refractivity contribution in [3.05, 3.63) is 109 Å². The third-order valence-corrected chi connectivity index (χ3v) is 6.48. The maximum Gasteiger partial charge on any atom is 0.118 e.